The maximum Gasteiger partial charge on any atom is 0.573 e. The van der Waals surface area contributed by atoms with E-state index in [0.29, 0.717) is 18.8 Å². The van der Waals surface area contributed by atoms with Gasteiger partial charge in [0.25, 0.3) is 5.91 Å². The Morgan fingerprint density at radius 1 is 1.09 bits per heavy atom. The fourth-order valence-corrected chi connectivity index (χ4v) is 3.63. The molecular formula is C23H18F5N3O3. The number of amides is 1. The first-order valence-corrected chi connectivity index (χ1v) is 10.1. The monoisotopic (exact) mass is 479 g/mol. The number of halogens is 5. The van der Waals surface area contributed by atoms with Crippen LogP contribution in [0.3, 0.4) is 0 Å². The Balaban J connectivity index is 1.62. The van der Waals surface area contributed by atoms with Gasteiger partial charge in [-0.05, 0) is 54.4 Å². The number of anilines is 2. The SMILES string of the molecule is O=C(Nc1ccc(OC(F)(F)F)cc1)c1cnc(N2CCC(O)C2)c(-c2cc(F)cc(F)c2)c1. The number of nitrogens with one attached hydrogen (secondary N) is 1. The summed E-state index contributed by atoms with van der Waals surface area (Å²) in [6.45, 7) is 0.743. The van der Waals surface area contributed by atoms with Crippen molar-refractivity contribution in [2.24, 2.45) is 0 Å². The molecule has 0 saturated carbocycles. The van der Waals surface area contributed by atoms with E-state index in [2.05, 4.69) is 15.0 Å². The van der Waals surface area contributed by atoms with Crippen LogP contribution in [0.4, 0.5) is 33.5 Å². The number of benzene rings is 2. The highest BCUT2D eigenvalue weighted by atomic mass is 19.4. The molecule has 1 saturated heterocycles. The molecule has 2 aromatic carbocycles. The first-order valence-electron chi connectivity index (χ1n) is 10.1. The van der Waals surface area contributed by atoms with Crippen molar-refractivity contribution in [2.75, 3.05) is 23.3 Å². The highest BCUT2D eigenvalue weighted by Crippen LogP contribution is 2.33. The molecule has 1 aliphatic heterocycles. The third-order valence-corrected chi connectivity index (χ3v) is 5.11. The number of rotatable bonds is 5. The number of alkyl halides is 3. The van der Waals surface area contributed by atoms with E-state index >= 15 is 0 Å². The van der Waals surface area contributed by atoms with Crippen LogP contribution in [-0.2, 0) is 0 Å². The summed E-state index contributed by atoms with van der Waals surface area (Å²) in [6.07, 6.45) is -3.65. The van der Waals surface area contributed by atoms with Crippen LogP contribution in [0.5, 0.6) is 5.75 Å². The maximum absolute atomic E-state index is 13.9. The van der Waals surface area contributed by atoms with Crippen LogP contribution in [0.25, 0.3) is 11.1 Å². The third-order valence-electron chi connectivity index (χ3n) is 5.11. The van der Waals surface area contributed by atoms with Crippen LogP contribution >= 0.6 is 0 Å². The van der Waals surface area contributed by atoms with Crippen LogP contribution < -0.4 is 15.0 Å². The predicted octanol–water partition coefficient (Wildman–Crippen LogP) is 4.75. The van der Waals surface area contributed by atoms with Gasteiger partial charge >= 0.3 is 6.36 Å². The molecule has 0 spiro atoms. The number of pyridine rings is 1. The number of carbonyl (C=O) groups is 1. The van der Waals surface area contributed by atoms with Crippen LogP contribution in [0, 0.1) is 11.6 Å². The summed E-state index contributed by atoms with van der Waals surface area (Å²) >= 11 is 0. The van der Waals surface area contributed by atoms with E-state index in [1.54, 1.807) is 4.90 Å². The van der Waals surface area contributed by atoms with Gasteiger partial charge in [-0.1, -0.05) is 0 Å². The topological polar surface area (TPSA) is 74.7 Å². The van der Waals surface area contributed by atoms with Crippen LogP contribution in [0.2, 0.25) is 0 Å². The van der Waals surface area contributed by atoms with Gasteiger partial charge in [-0.25, -0.2) is 13.8 Å². The average Bonchev–Trinajstić information content (AvgIpc) is 3.19. The first-order chi connectivity index (χ1) is 16.1. The lowest BCUT2D eigenvalue weighted by molar-refractivity contribution is -0.274. The Hall–Kier alpha value is -3.73. The van der Waals surface area contributed by atoms with Crippen molar-refractivity contribution in [1.29, 1.82) is 0 Å². The molecule has 2 heterocycles. The minimum Gasteiger partial charge on any atom is -0.406 e. The van der Waals surface area contributed by atoms with Crippen molar-refractivity contribution >= 4 is 17.4 Å². The second kappa shape index (κ2) is 9.26. The van der Waals surface area contributed by atoms with Gasteiger partial charge in [0.2, 0.25) is 0 Å². The molecule has 0 radical (unpaired) electrons. The second-order valence-corrected chi connectivity index (χ2v) is 7.67. The first kappa shape index (κ1) is 23.4. The number of ether oxygens (including phenoxy) is 1. The summed E-state index contributed by atoms with van der Waals surface area (Å²) in [5.74, 6) is -2.34. The van der Waals surface area contributed by atoms with Gasteiger partial charge in [-0.3, -0.25) is 4.79 Å². The quantitative estimate of drug-likeness (QED) is 0.517. The fraction of sp³-hybridized carbons (Fsp3) is 0.217. The number of aromatic nitrogens is 1. The number of aliphatic hydroxyl groups excluding tert-OH is 1. The van der Waals surface area contributed by atoms with Gasteiger partial charge in [0.15, 0.2) is 0 Å². The van der Waals surface area contributed by atoms with Gasteiger partial charge in [-0.15, -0.1) is 13.2 Å². The molecule has 1 atom stereocenters. The van der Waals surface area contributed by atoms with Gasteiger partial charge < -0.3 is 20.1 Å². The molecule has 3 aromatic rings. The molecule has 34 heavy (non-hydrogen) atoms. The molecule has 0 aliphatic carbocycles. The largest absolute Gasteiger partial charge is 0.573 e. The van der Waals surface area contributed by atoms with Crippen molar-refractivity contribution in [3.8, 4) is 16.9 Å². The van der Waals surface area contributed by atoms with E-state index in [1.165, 1.54) is 24.4 Å². The number of carbonyl (C=O) groups excluding carboxylic acids is 1. The summed E-state index contributed by atoms with van der Waals surface area (Å²) in [5, 5.41) is 12.4. The molecule has 2 N–H and O–H groups in total. The number of nitrogens with zero attached hydrogens (tertiary/aromatic N) is 2. The second-order valence-electron chi connectivity index (χ2n) is 7.67. The van der Waals surface area contributed by atoms with E-state index in [4.69, 9.17) is 0 Å². The zero-order chi connectivity index (χ0) is 24.5. The summed E-state index contributed by atoms with van der Waals surface area (Å²) in [6, 6.07) is 8.91. The molecule has 178 valence electrons. The number of hydrogen-bond donors (Lipinski definition) is 2. The third kappa shape index (κ3) is 5.60. The van der Waals surface area contributed by atoms with Gasteiger partial charge in [-0.2, -0.15) is 0 Å². The normalized spacial score (nSPS) is 15.9. The van der Waals surface area contributed by atoms with Crippen LogP contribution in [0.15, 0.2) is 54.7 Å². The average molecular weight is 479 g/mol. The van der Waals surface area contributed by atoms with E-state index in [0.717, 1.165) is 30.3 Å². The molecule has 1 unspecified atom stereocenters. The lowest BCUT2D eigenvalue weighted by atomic mass is 10.0. The van der Waals surface area contributed by atoms with Crippen molar-refractivity contribution < 1.29 is 36.6 Å². The van der Waals surface area contributed by atoms with Crippen LogP contribution in [-0.4, -0.2) is 41.6 Å². The molecule has 0 bridgehead atoms. The summed E-state index contributed by atoms with van der Waals surface area (Å²) in [7, 11) is 0. The summed E-state index contributed by atoms with van der Waals surface area (Å²) in [4.78, 5) is 18.8. The number of β-amino-alcohol motifs (C(OH)–C–C–N with tert-alkyl or cyclic N) is 1. The standard InChI is InChI=1S/C23H18F5N3O3/c24-15-7-13(8-16(25)10-15)20-9-14(11-29-21(20)31-6-5-18(32)12-31)22(33)30-17-1-3-19(4-2-17)34-23(26,27)28/h1-4,7-11,18,32H,5-6,12H2,(H,30,33). The molecule has 4 rings (SSSR count). The predicted molar refractivity (Wildman–Crippen MR) is 114 cm³/mol. The van der Waals surface area contributed by atoms with Gasteiger partial charge in [0, 0.05) is 36.6 Å². The highest BCUT2D eigenvalue weighted by molar-refractivity contribution is 6.05. The minimum atomic E-state index is -4.84. The molecule has 11 heteroatoms. The minimum absolute atomic E-state index is 0.0544. The Labute approximate surface area is 190 Å². The van der Waals surface area contributed by atoms with E-state index in [1.807, 2.05) is 0 Å². The molecular weight excluding hydrogens is 461 g/mol. The fourth-order valence-electron chi connectivity index (χ4n) is 3.63. The molecule has 1 aromatic heterocycles. The zero-order valence-electron chi connectivity index (χ0n) is 17.4. The van der Waals surface area contributed by atoms with E-state index < -0.39 is 35.8 Å². The number of aliphatic hydroxyl groups is 1. The summed E-state index contributed by atoms with van der Waals surface area (Å²) < 4.78 is 68.5. The Kier molecular flexibility index (Phi) is 6.38. The van der Waals surface area contributed by atoms with Crippen molar-refractivity contribution in [1.82, 2.24) is 4.98 Å². The Morgan fingerprint density at radius 2 is 1.76 bits per heavy atom. The maximum atomic E-state index is 13.9. The highest BCUT2D eigenvalue weighted by Gasteiger charge is 2.31. The Morgan fingerprint density at radius 3 is 2.35 bits per heavy atom. The van der Waals surface area contributed by atoms with Crippen molar-refractivity contribution in [2.45, 2.75) is 18.9 Å². The van der Waals surface area contributed by atoms with E-state index in [-0.39, 0.29) is 28.9 Å². The zero-order valence-corrected chi connectivity index (χ0v) is 17.4. The summed E-state index contributed by atoms with van der Waals surface area (Å²) in [5.41, 5.74) is 0.696. The van der Waals surface area contributed by atoms with Crippen LogP contribution in [0.1, 0.15) is 16.8 Å². The lowest BCUT2D eigenvalue weighted by Gasteiger charge is -2.21. The molecule has 6 nitrogen and oxygen atoms in total. The van der Waals surface area contributed by atoms with Gasteiger partial charge in [0.1, 0.15) is 23.2 Å². The van der Waals surface area contributed by atoms with Crippen molar-refractivity contribution in [3.63, 3.8) is 0 Å². The smallest absolute Gasteiger partial charge is 0.406 e. The van der Waals surface area contributed by atoms with E-state index in [9.17, 15) is 31.9 Å². The molecule has 1 aliphatic rings. The molecule has 1 fully saturated rings. The Bertz CT molecular complexity index is 1180. The van der Waals surface area contributed by atoms with Crippen molar-refractivity contribution in [3.05, 3.63) is 71.9 Å². The lowest BCUT2D eigenvalue weighted by Crippen LogP contribution is -2.23. The van der Waals surface area contributed by atoms with Gasteiger partial charge in [0.05, 0.1) is 11.7 Å². The number of hydrogen-bond acceptors (Lipinski definition) is 5. The molecule has 1 amide bonds.